The molecule has 2 aliphatic heterocycles. The molecule has 1 spiro atoms. The lowest BCUT2D eigenvalue weighted by atomic mass is 9.82. The Kier molecular flexibility index (Phi) is 11.7. The molecule has 8 rings (SSSR count). The van der Waals surface area contributed by atoms with E-state index in [1.807, 2.05) is 97.2 Å². The van der Waals surface area contributed by atoms with Crippen LogP contribution in [0.3, 0.4) is 0 Å². The number of nitrogens with one attached hydrogen (secondary N) is 2. The summed E-state index contributed by atoms with van der Waals surface area (Å²) in [6, 6.07) is 39.5. The molecule has 0 saturated carbocycles. The fourth-order valence-electron chi connectivity index (χ4n) is 9.27. The van der Waals surface area contributed by atoms with Gasteiger partial charge in [0.15, 0.2) is 5.60 Å². The Morgan fingerprint density at radius 3 is 2.15 bits per heavy atom. The summed E-state index contributed by atoms with van der Waals surface area (Å²) in [5.41, 5.74) is 3.70. The molecule has 61 heavy (non-hydrogen) atoms. The van der Waals surface area contributed by atoms with E-state index in [1.165, 1.54) is 5.19 Å². The maximum absolute atomic E-state index is 15.6. The SMILES string of the molecule is COc1ccc([Si](C)(C)[C@@H]2[C@@H](CCn3cc(CCO)nn3)O[C@]3(C(=O)N(Cc4cccc(NC(=O)c5ccccc5)c4)c4ccc(NC(=O)c5ccccc5)cc43)[C@H]2C)cc1. The number of hydrogen-bond acceptors (Lipinski definition) is 8. The normalized spacial score (nSPS) is 19.5. The zero-order chi connectivity index (χ0) is 42.7. The van der Waals surface area contributed by atoms with Crippen LogP contribution in [0.25, 0.3) is 0 Å². The molecule has 1 aromatic heterocycles. The summed E-state index contributed by atoms with van der Waals surface area (Å²) in [4.78, 5) is 43.9. The molecular formula is C48H50N6O6Si. The van der Waals surface area contributed by atoms with Crippen LogP contribution in [0.15, 0.2) is 134 Å². The number of rotatable bonds is 14. The molecule has 2 aliphatic rings. The smallest absolute Gasteiger partial charge is 0.264 e. The number of benzene rings is 5. The topological polar surface area (TPSA) is 148 Å². The highest BCUT2D eigenvalue weighted by Gasteiger charge is 2.66. The Morgan fingerprint density at radius 2 is 1.51 bits per heavy atom. The fourth-order valence-corrected chi connectivity index (χ4v) is 13.3. The highest BCUT2D eigenvalue weighted by atomic mass is 28.3. The van der Waals surface area contributed by atoms with Gasteiger partial charge in [0, 0.05) is 59.8 Å². The molecule has 4 atom stereocenters. The largest absolute Gasteiger partial charge is 0.497 e. The lowest BCUT2D eigenvalue weighted by Gasteiger charge is -2.37. The van der Waals surface area contributed by atoms with Crippen molar-refractivity contribution in [3.63, 3.8) is 0 Å². The molecule has 3 amide bonds. The first-order valence-corrected chi connectivity index (χ1v) is 23.7. The second-order valence-electron chi connectivity index (χ2n) is 16.4. The van der Waals surface area contributed by atoms with Crippen LogP contribution in [-0.2, 0) is 34.6 Å². The molecule has 0 bridgehead atoms. The van der Waals surface area contributed by atoms with Gasteiger partial charge in [0.1, 0.15) is 5.75 Å². The molecule has 13 heteroatoms. The van der Waals surface area contributed by atoms with E-state index < -0.39 is 13.7 Å². The van der Waals surface area contributed by atoms with E-state index >= 15 is 4.79 Å². The van der Waals surface area contributed by atoms with Crippen molar-refractivity contribution in [2.75, 3.05) is 29.3 Å². The van der Waals surface area contributed by atoms with Crippen molar-refractivity contribution in [3.8, 4) is 5.75 Å². The van der Waals surface area contributed by atoms with Gasteiger partial charge in [-0.1, -0.05) is 91.1 Å². The number of aromatic nitrogens is 3. The molecule has 3 heterocycles. The Labute approximate surface area is 356 Å². The van der Waals surface area contributed by atoms with Gasteiger partial charge >= 0.3 is 0 Å². The lowest BCUT2D eigenvalue weighted by Crippen LogP contribution is -2.51. The third-order valence-corrected chi connectivity index (χ3v) is 16.6. The number of aliphatic hydroxyl groups is 1. The number of carbonyl (C=O) groups excluding carboxylic acids is 3. The summed E-state index contributed by atoms with van der Waals surface area (Å²) >= 11 is 0. The fraction of sp³-hybridized carbons (Fsp3) is 0.271. The van der Waals surface area contributed by atoms with Gasteiger partial charge in [0.2, 0.25) is 0 Å². The number of ether oxygens (including phenoxy) is 2. The highest BCUT2D eigenvalue weighted by molar-refractivity contribution is 6.91. The van der Waals surface area contributed by atoms with E-state index in [9.17, 15) is 14.7 Å². The van der Waals surface area contributed by atoms with Crippen molar-refractivity contribution in [1.29, 1.82) is 0 Å². The number of aliphatic hydroxyl groups excluding tert-OH is 1. The minimum absolute atomic E-state index is 0.0212. The zero-order valence-corrected chi connectivity index (χ0v) is 35.7. The van der Waals surface area contributed by atoms with Crippen molar-refractivity contribution in [2.45, 2.75) is 63.2 Å². The van der Waals surface area contributed by atoms with Crippen LogP contribution in [0.5, 0.6) is 5.75 Å². The summed E-state index contributed by atoms with van der Waals surface area (Å²) in [5, 5.41) is 25.4. The van der Waals surface area contributed by atoms with E-state index in [0.717, 1.165) is 11.3 Å². The summed E-state index contributed by atoms with van der Waals surface area (Å²) in [7, 11) is -0.814. The van der Waals surface area contributed by atoms with Gasteiger partial charge in [-0.05, 0) is 84.3 Å². The number of hydrogen-bond donors (Lipinski definition) is 3. The maximum atomic E-state index is 15.6. The van der Waals surface area contributed by atoms with Crippen molar-refractivity contribution in [3.05, 3.63) is 162 Å². The Balaban J connectivity index is 1.19. The van der Waals surface area contributed by atoms with Gasteiger partial charge in [-0.3, -0.25) is 19.1 Å². The van der Waals surface area contributed by atoms with Gasteiger partial charge in [-0.2, -0.15) is 0 Å². The number of methoxy groups -OCH3 is 1. The lowest BCUT2D eigenvalue weighted by molar-refractivity contribution is -0.146. The Hall–Kier alpha value is -6.41. The van der Waals surface area contributed by atoms with E-state index in [4.69, 9.17) is 9.47 Å². The second kappa shape index (κ2) is 17.3. The first-order chi connectivity index (χ1) is 29.5. The number of fused-ring (bicyclic) bond motifs is 2. The molecule has 0 aliphatic carbocycles. The van der Waals surface area contributed by atoms with Gasteiger partial charge in [0.05, 0.1) is 39.2 Å². The van der Waals surface area contributed by atoms with Crippen LogP contribution in [0.2, 0.25) is 18.6 Å². The van der Waals surface area contributed by atoms with Crippen molar-refractivity contribution in [1.82, 2.24) is 15.0 Å². The van der Waals surface area contributed by atoms with Crippen LogP contribution in [0, 0.1) is 5.92 Å². The second-order valence-corrected chi connectivity index (χ2v) is 21.0. The van der Waals surface area contributed by atoms with Gasteiger partial charge in [-0.25, -0.2) is 0 Å². The number of nitrogens with zero attached hydrogens (tertiary/aromatic N) is 4. The van der Waals surface area contributed by atoms with Crippen molar-refractivity contribution in [2.24, 2.45) is 5.92 Å². The Bertz CT molecular complexity index is 2530. The van der Waals surface area contributed by atoms with E-state index in [1.54, 1.807) is 41.0 Å². The third kappa shape index (κ3) is 8.11. The molecule has 312 valence electrons. The van der Waals surface area contributed by atoms with Crippen LogP contribution in [0.1, 0.15) is 50.9 Å². The molecule has 6 aromatic rings. The monoisotopic (exact) mass is 834 g/mol. The first kappa shape index (κ1) is 41.3. The van der Waals surface area contributed by atoms with Gasteiger partial charge < -0.3 is 30.1 Å². The average Bonchev–Trinajstić information content (AvgIpc) is 3.93. The predicted molar refractivity (Wildman–Crippen MR) is 238 cm³/mol. The molecular weight excluding hydrogens is 785 g/mol. The van der Waals surface area contributed by atoms with Crippen molar-refractivity contribution >= 4 is 48.0 Å². The molecule has 1 saturated heterocycles. The van der Waals surface area contributed by atoms with E-state index in [0.29, 0.717) is 58.8 Å². The minimum Gasteiger partial charge on any atom is -0.497 e. The van der Waals surface area contributed by atoms with Crippen LogP contribution in [0.4, 0.5) is 17.1 Å². The zero-order valence-electron chi connectivity index (χ0n) is 34.7. The van der Waals surface area contributed by atoms with Crippen LogP contribution in [-0.4, -0.2) is 65.7 Å². The summed E-state index contributed by atoms with van der Waals surface area (Å²) in [6.07, 6.45) is 2.45. The van der Waals surface area contributed by atoms with E-state index in [2.05, 4.69) is 53.1 Å². The number of anilines is 3. The predicted octanol–water partition coefficient (Wildman–Crippen LogP) is 7.18. The standard InChI is InChI=1S/C48H50N6O6Si/c1-32-44(61(3,4)40-21-19-39(59-2)20-22-40)43(24-26-53-31-38(25-27-55)51-52-53)60-48(32)41-29-37(50-46(57)35-15-9-6-10-16-35)18-23-42(41)54(47(48)58)30-33-12-11-17-36(28-33)49-45(56)34-13-7-5-8-14-34/h5-23,28-29,31-32,43-44,55H,24-27,30H2,1-4H3,(H,49,56)(H,50,57)/t32-,43+,44-,48+/m0/s1. The molecule has 3 N–H and O–H groups in total. The summed E-state index contributed by atoms with van der Waals surface area (Å²) < 4.78 is 14.7. The molecule has 0 radical (unpaired) electrons. The average molecular weight is 835 g/mol. The maximum Gasteiger partial charge on any atom is 0.264 e. The number of amides is 3. The molecule has 12 nitrogen and oxygen atoms in total. The molecule has 5 aromatic carbocycles. The van der Waals surface area contributed by atoms with Crippen LogP contribution < -0.4 is 25.5 Å². The van der Waals surface area contributed by atoms with Crippen molar-refractivity contribution < 1.29 is 29.0 Å². The van der Waals surface area contributed by atoms with Gasteiger partial charge in [0.25, 0.3) is 17.7 Å². The summed E-state index contributed by atoms with van der Waals surface area (Å²) in [6.45, 7) is 7.50. The third-order valence-electron chi connectivity index (χ3n) is 12.3. The van der Waals surface area contributed by atoms with E-state index in [-0.39, 0.29) is 48.4 Å². The molecule has 0 unspecified atom stereocenters. The summed E-state index contributed by atoms with van der Waals surface area (Å²) in [5.74, 6) is -0.198. The number of carbonyl (C=O) groups is 3. The van der Waals surface area contributed by atoms with Crippen LogP contribution >= 0.6 is 0 Å². The first-order valence-electron chi connectivity index (χ1n) is 20.6. The van der Waals surface area contributed by atoms with Gasteiger partial charge in [-0.15, -0.1) is 5.10 Å². The quantitative estimate of drug-likeness (QED) is 0.0979. The minimum atomic E-state index is -2.47. The Morgan fingerprint density at radius 1 is 0.852 bits per heavy atom. The highest BCUT2D eigenvalue weighted by Crippen LogP contribution is 2.60. The number of aryl methyl sites for hydroxylation is 1. The molecule has 1 fully saturated rings.